The lowest BCUT2D eigenvalue weighted by molar-refractivity contribution is 0.115. The Kier molecular flexibility index (Phi) is 7.13. The number of rotatable bonds is 6. The van der Waals surface area contributed by atoms with Gasteiger partial charge in [0, 0.05) is 13.7 Å². The topological polar surface area (TPSA) is 9.23 Å². The average Bonchev–Trinajstić information content (AvgIpc) is 2.49. The molecule has 0 unspecified atom stereocenters. The van der Waals surface area contributed by atoms with Crippen LogP contribution in [0.4, 0.5) is 0 Å². The highest BCUT2D eigenvalue weighted by Gasteiger charge is 2.23. The zero-order valence-electron chi connectivity index (χ0n) is 13.7. The highest BCUT2D eigenvalue weighted by molar-refractivity contribution is 4.89. The lowest BCUT2D eigenvalue weighted by Crippen LogP contribution is -2.19. The Bertz CT molecular complexity index is 267. The van der Waals surface area contributed by atoms with Crippen LogP contribution in [0.2, 0.25) is 0 Å². The Labute approximate surface area is 126 Å². The minimum absolute atomic E-state index is 0.854. The van der Waals surface area contributed by atoms with Gasteiger partial charge >= 0.3 is 0 Å². The first-order valence-electron chi connectivity index (χ1n) is 8.93. The molecular weight excluding hydrogens is 244 g/mol. The van der Waals surface area contributed by atoms with Gasteiger partial charge in [0.15, 0.2) is 0 Å². The lowest BCUT2D eigenvalue weighted by atomic mass is 9.75. The SMILES string of the molecule is C/C=C/C1CCC(CCC2CCC(COC)CC2)CC1. The quantitative estimate of drug-likeness (QED) is 0.574. The van der Waals surface area contributed by atoms with Crippen molar-refractivity contribution in [3.8, 4) is 0 Å². The second-order valence-corrected chi connectivity index (χ2v) is 7.23. The van der Waals surface area contributed by atoms with Crippen LogP contribution in [-0.2, 0) is 4.74 Å². The molecule has 0 aromatic carbocycles. The molecule has 2 saturated carbocycles. The van der Waals surface area contributed by atoms with E-state index in [2.05, 4.69) is 19.1 Å². The molecule has 0 saturated heterocycles. The number of ether oxygens (including phenoxy) is 1. The summed E-state index contributed by atoms with van der Waals surface area (Å²) in [6, 6.07) is 0. The van der Waals surface area contributed by atoms with Gasteiger partial charge in [0.2, 0.25) is 0 Å². The van der Waals surface area contributed by atoms with E-state index in [9.17, 15) is 0 Å². The zero-order chi connectivity index (χ0) is 14.2. The first-order valence-corrected chi connectivity index (χ1v) is 8.93. The van der Waals surface area contributed by atoms with Gasteiger partial charge in [-0.05, 0) is 69.1 Å². The van der Waals surface area contributed by atoms with Crippen LogP contribution >= 0.6 is 0 Å². The van der Waals surface area contributed by atoms with E-state index in [1.807, 2.05) is 7.11 Å². The van der Waals surface area contributed by atoms with Gasteiger partial charge in [-0.3, -0.25) is 0 Å². The Morgan fingerprint density at radius 3 is 1.80 bits per heavy atom. The van der Waals surface area contributed by atoms with Crippen molar-refractivity contribution >= 4 is 0 Å². The van der Waals surface area contributed by atoms with Crippen molar-refractivity contribution in [2.24, 2.45) is 23.7 Å². The third-order valence-corrected chi connectivity index (χ3v) is 5.71. The van der Waals surface area contributed by atoms with Crippen LogP contribution in [0.3, 0.4) is 0 Å². The van der Waals surface area contributed by atoms with Crippen LogP contribution in [0.15, 0.2) is 12.2 Å². The Morgan fingerprint density at radius 2 is 1.30 bits per heavy atom. The van der Waals surface area contributed by atoms with Crippen LogP contribution in [0.1, 0.15) is 71.1 Å². The van der Waals surface area contributed by atoms with Gasteiger partial charge in [-0.2, -0.15) is 0 Å². The van der Waals surface area contributed by atoms with Crippen LogP contribution in [0, 0.1) is 23.7 Å². The van der Waals surface area contributed by atoms with Crippen LogP contribution in [-0.4, -0.2) is 13.7 Å². The fourth-order valence-corrected chi connectivity index (χ4v) is 4.34. The second-order valence-electron chi connectivity index (χ2n) is 7.23. The monoisotopic (exact) mass is 278 g/mol. The molecule has 2 aliphatic carbocycles. The van der Waals surface area contributed by atoms with E-state index in [1.165, 1.54) is 64.2 Å². The Morgan fingerprint density at radius 1 is 0.800 bits per heavy atom. The molecule has 1 nitrogen and oxygen atoms in total. The maximum absolute atomic E-state index is 5.30. The van der Waals surface area contributed by atoms with Gasteiger partial charge in [0.25, 0.3) is 0 Å². The fraction of sp³-hybridized carbons (Fsp3) is 0.895. The van der Waals surface area contributed by atoms with Crippen LogP contribution < -0.4 is 0 Å². The van der Waals surface area contributed by atoms with Crippen LogP contribution in [0.5, 0.6) is 0 Å². The molecule has 116 valence electrons. The van der Waals surface area contributed by atoms with E-state index < -0.39 is 0 Å². The van der Waals surface area contributed by atoms with E-state index in [1.54, 1.807) is 0 Å². The molecule has 1 heteroatoms. The summed E-state index contributed by atoms with van der Waals surface area (Å²) in [6.07, 6.45) is 19.2. The van der Waals surface area contributed by atoms with Crippen molar-refractivity contribution in [3.63, 3.8) is 0 Å². The largest absolute Gasteiger partial charge is 0.384 e. The molecule has 0 aromatic rings. The van der Waals surface area contributed by atoms with E-state index in [-0.39, 0.29) is 0 Å². The van der Waals surface area contributed by atoms with Crippen molar-refractivity contribution in [3.05, 3.63) is 12.2 Å². The Hall–Kier alpha value is -0.300. The normalized spacial score (nSPS) is 35.5. The molecule has 0 atom stereocenters. The maximum Gasteiger partial charge on any atom is 0.0490 e. The number of hydrogen-bond donors (Lipinski definition) is 0. The molecule has 2 rings (SSSR count). The lowest BCUT2D eigenvalue weighted by Gasteiger charge is -2.31. The molecule has 0 amide bonds. The van der Waals surface area contributed by atoms with E-state index in [0.717, 1.165) is 30.3 Å². The second kappa shape index (κ2) is 8.87. The molecule has 0 spiro atoms. The molecular formula is C19H34O. The van der Waals surface area contributed by atoms with Crippen molar-refractivity contribution in [2.75, 3.05) is 13.7 Å². The van der Waals surface area contributed by atoms with Crippen molar-refractivity contribution in [1.29, 1.82) is 0 Å². The van der Waals surface area contributed by atoms with Crippen molar-refractivity contribution in [2.45, 2.75) is 71.1 Å². The standard InChI is InChI=1S/C19H34O/c1-3-4-16-5-7-17(8-6-16)9-10-18-11-13-19(14-12-18)15-20-2/h3-4,16-19H,5-15H2,1-2H3/b4-3+. The number of methoxy groups -OCH3 is 1. The smallest absolute Gasteiger partial charge is 0.0490 e. The molecule has 0 aliphatic heterocycles. The third-order valence-electron chi connectivity index (χ3n) is 5.71. The minimum Gasteiger partial charge on any atom is -0.384 e. The zero-order valence-corrected chi connectivity index (χ0v) is 13.7. The van der Waals surface area contributed by atoms with E-state index in [0.29, 0.717) is 0 Å². The molecule has 2 fully saturated rings. The molecule has 0 bridgehead atoms. The first-order chi connectivity index (χ1) is 9.81. The maximum atomic E-state index is 5.30. The summed E-state index contributed by atoms with van der Waals surface area (Å²) in [4.78, 5) is 0. The summed E-state index contributed by atoms with van der Waals surface area (Å²) in [5.41, 5.74) is 0. The predicted molar refractivity (Wildman–Crippen MR) is 86.8 cm³/mol. The van der Waals surface area contributed by atoms with Crippen molar-refractivity contribution < 1.29 is 4.74 Å². The van der Waals surface area contributed by atoms with Gasteiger partial charge in [-0.25, -0.2) is 0 Å². The van der Waals surface area contributed by atoms with E-state index in [4.69, 9.17) is 4.74 Å². The minimum atomic E-state index is 0.854. The molecule has 2 aliphatic rings. The summed E-state index contributed by atoms with van der Waals surface area (Å²) in [5, 5.41) is 0. The molecule has 0 aromatic heterocycles. The molecule has 0 heterocycles. The fourth-order valence-electron chi connectivity index (χ4n) is 4.34. The molecule has 0 radical (unpaired) electrons. The summed E-state index contributed by atoms with van der Waals surface area (Å²) >= 11 is 0. The van der Waals surface area contributed by atoms with Gasteiger partial charge < -0.3 is 4.74 Å². The van der Waals surface area contributed by atoms with Crippen molar-refractivity contribution in [1.82, 2.24) is 0 Å². The Balaban J connectivity index is 1.58. The summed E-state index contributed by atoms with van der Waals surface area (Å²) < 4.78 is 5.30. The number of allylic oxidation sites excluding steroid dienone is 2. The highest BCUT2D eigenvalue weighted by atomic mass is 16.5. The summed E-state index contributed by atoms with van der Waals surface area (Å²) in [7, 11) is 1.84. The summed E-state index contributed by atoms with van der Waals surface area (Å²) in [5.74, 6) is 3.80. The van der Waals surface area contributed by atoms with Gasteiger partial charge in [0.1, 0.15) is 0 Å². The highest BCUT2D eigenvalue weighted by Crippen LogP contribution is 2.36. The van der Waals surface area contributed by atoms with E-state index >= 15 is 0 Å². The predicted octanol–water partition coefficient (Wildman–Crippen LogP) is 5.60. The van der Waals surface area contributed by atoms with Gasteiger partial charge in [-0.1, -0.05) is 37.8 Å². The first kappa shape index (κ1) is 16.1. The van der Waals surface area contributed by atoms with Gasteiger partial charge in [0.05, 0.1) is 0 Å². The number of hydrogen-bond acceptors (Lipinski definition) is 1. The third kappa shape index (κ3) is 5.24. The molecule has 0 N–H and O–H groups in total. The molecule has 20 heavy (non-hydrogen) atoms. The van der Waals surface area contributed by atoms with Crippen LogP contribution in [0.25, 0.3) is 0 Å². The van der Waals surface area contributed by atoms with Gasteiger partial charge in [-0.15, -0.1) is 0 Å². The average molecular weight is 278 g/mol. The summed E-state index contributed by atoms with van der Waals surface area (Å²) in [6.45, 7) is 3.15.